The SMILES string of the molecule is COc1ccc(NC(=O)c2ccc([N+](=O)[O-])c(C)c2)cc1OC1CCCC1. The first-order valence-corrected chi connectivity index (χ1v) is 8.89. The van der Waals surface area contributed by atoms with Crippen molar-refractivity contribution in [2.45, 2.75) is 38.7 Å². The first-order chi connectivity index (χ1) is 13.0. The lowest BCUT2D eigenvalue weighted by atomic mass is 10.1. The van der Waals surface area contributed by atoms with Gasteiger partial charge in [0.1, 0.15) is 0 Å². The molecule has 1 saturated carbocycles. The van der Waals surface area contributed by atoms with Crippen LogP contribution < -0.4 is 14.8 Å². The van der Waals surface area contributed by atoms with Crippen molar-refractivity contribution in [2.24, 2.45) is 0 Å². The minimum Gasteiger partial charge on any atom is -0.493 e. The Morgan fingerprint density at radius 2 is 1.89 bits per heavy atom. The predicted molar refractivity (Wildman–Crippen MR) is 102 cm³/mol. The highest BCUT2D eigenvalue weighted by molar-refractivity contribution is 6.04. The van der Waals surface area contributed by atoms with Crippen LogP contribution in [0.1, 0.15) is 41.6 Å². The van der Waals surface area contributed by atoms with Crippen LogP contribution in [0.3, 0.4) is 0 Å². The third-order valence-corrected chi connectivity index (χ3v) is 4.67. The van der Waals surface area contributed by atoms with Gasteiger partial charge in [-0.25, -0.2) is 0 Å². The zero-order valence-electron chi connectivity index (χ0n) is 15.4. The largest absolute Gasteiger partial charge is 0.493 e. The van der Waals surface area contributed by atoms with Gasteiger partial charge in [-0.15, -0.1) is 0 Å². The van der Waals surface area contributed by atoms with Gasteiger partial charge in [-0.1, -0.05) is 0 Å². The van der Waals surface area contributed by atoms with Gasteiger partial charge in [-0.3, -0.25) is 14.9 Å². The molecule has 0 aliphatic heterocycles. The Balaban J connectivity index is 1.77. The van der Waals surface area contributed by atoms with Crippen molar-refractivity contribution in [3.63, 3.8) is 0 Å². The van der Waals surface area contributed by atoms with Crippen LogP contribution in [0.15, 0.2) is 36.4 Å². The van der Waals surface area contributed by atoms with Crippen LogP contribution in [0.4, 0.5) is 11.4 Å². The molecule has 1 aliphatic rings. The molecule has 7 heteroatoms. The molecule has 1 fully saturated rings. The third kappa shape index (κ3) is 4.36. The van der Waals surface area contributed by atoms with Crippen molar-refractivity contribution in [1.29, 1.82) is 0 Å². The van der Waals surface area contributed by atoms with E-state index in [4.69, 9.17) is 9.47 Å². The lowest BCUT2D eigenvalue weighted by Crippen LogP contribution is -2.14. The number of benzene rings is 2. The summed E-state index contributed by atoms with van der Waals surface area (Å²) in [6.07, 6.45) is 4.51. The Labute approximate surface area is 157 Å². The van der Waals surface area contributed by atoms with E-state index in [0.717, 1.165) is 25.7 Å². The second-order valence-corrected chi connectivity index (χ2v) is 6.60. The topological polar surface area (TPSA) is 90.7 Å². The average molecular weight is 370 g/mol. The molecular weight excluding hydrogens is 348 g/mol. The number of nitro groups is 1. The zero-order valence-corrected chi connectivity index (χ0v) is 15.4. The van der Waals surface area contributed by atoms with Gasteiger partial charge in [0.05, 0.1) is 18.1 Å². The third-order valence-electron chi connectivity index (χ3n) is 4.67. The van der Waals surface area contributed by atoms with Crippen LogP contribution in [0, 0.1) is 17.0 Å². The van der Waals surface area contributed by atoms with Crippen LogP contribution >= 0.6 is 0 Å². The van der Waals surface area contributed by atoms with Gasteiger partial charge in [0.25, 0.3) is 11.6 Å². The molecule has 2 aromatic carbocycles. The Morgan fingerprint density at radius 1 is 1.15 bits per heavy atom. The van der Waals surface area contributed by atoms with Crippen LogP contribution in [-0.2, 0) is 0 Å². The number of rotatable bonds is 6. The fraction of sp³-hybridized carbons (Fsp3) is 0.350. The van der Waals surface area contributed by atoms with E-state index in [2.05, 4.69) is 5.32 Å². The molecule has 2 aromatic rings. The molecule has 0 saturated heterocycles. The Kier molecular flexibility index (Phi) is 5.59. The molecule has 0 aromatic heterocycles. The summed E-state index contributed by atoms with van der Waals surface area (Å²) >= 11 is 0. The molecule has 1 amide bonds. The van der Waals surface area contributed by atoms with Crippen molar-refractivity contribution in [3.05, 3.63) is 57.6 Å². The maximum absolute atomic E-state index is 12.5. The summed E-state index contributed by atoms with van der Waals surface area (Å²) in [7, 11) is 1.58. The minimum absolute atomic E-state index is 0.0109. The van der Waals surface area contributed by atoms with Crippen molar-refractivity contribution in [1.82, 2.24) is 0 Å². The summed E-state index contributed by atoms with van der Waals surface area (Å²) in [5.74, 6) is 0.873. The maximum atomic E-state index is 12.5. The lowest BCUT2D eigenvalue weighted by Gasteiger charge is -2.17. The molecule has 1 aliphatic carbocycles. The highest BCUT2D eigenvalue weighted by Gasteiger charge is 2.19. The molecule has 3 rings (SSSR count). The van der Waals surface area contributed by atoms with Gasteiger partial charge in [0.2, 0.25) is 0 Å². The van der Waals surface area contributed by atoms with Crippen molar-refractivity contribution in [3.8, 4) is 11.5 Å². The number of nitrogens with one attached hydrogen (secondary N) is 1. The predicted octanol–water partition coefficient (Wildman–Crippen LogP) is 4.49. The number of carbonyl (C=O) groups excluding carboxylic acids is 1. The molecule has 142 valence electrons. The molecule has 0 atom stereocenters. The number of anilines is 1. The molecular formula is C20H22N2O5. The van der Waals surface area contributed by atoms with Crippen LogP contribution in [0.5, 0.6) is 11.5 Å². The van der Waals surface area contributed by atoms with E-state index >= 15 is 0 Å². The summed E-state index contributed by atoms with van der Waals surface area (Å²) < 4.78 is 11.4. The normalized spacial score (nSPS) is 14.0. The molecule has 0 spiro atoms. The monoisotopic (exact) mass is 370 g/mol. The van der Waals surface area contributed by atoms with E-state index in [0.29, 0.717) is 28.3 Å². The van der Waals surface area contributed by atoms with Gasteiger partial charge >= 0.3 is 0 Å². The number of hydrogen-bond acceptors (Lipinski definition) is 5. The van der Waals surface area contributed by atoms with Crippen molar-refractivity contribution in [2.75, 3.05) is 12.4 Å². The number of carbonyl (C=O) groups is 1. The van der Waals surface area contributed by atoms with Gasteiger partial charge in [-0.2, -0.15) is 0 Å². The Bertz CT molecular complexity index is 859. The number of amides is 1. The second-order valence-electron chi connectivity index (χ2n) is 6.60. The lowest BCUT2D eigenvalue weighted by molar-refractivity contribution is -0.385. The number of ether oxygens (including phenoxy) is 2. The van der Waals surface area contributed by atoms with E-state index in [-0.39, 0.29) is 17.7 Å². The second kappa shape index (κ2) is 8.07. The van der Waals surface area contributed by atoms with E-state index in [9.17, 15) is 14.9 Å². The quantitative estimate of drug-likeness (QED) is 0.598. The van der Waals surface area contributed by atoms with E-state index in [1.807, 2.05) is 0 Å². The number of hydrogen-bond donors (Lipinski definition) is 1. The molecule has 1 N–H and O–H groups in total. The summed E-state index contributed by atoms with van der Waals surface area (Å²) in [5.41, 5.74) is 1.35. The highest BCUT2D eigenvalue weighted by atomic mass is 16.6. The first kappa shape index (κ1) is 18.7. The molecule has 0 unspecified atom stereocenters. The van der Waals surface area contributed by atoms with Crippen LogP contribution in [0.2, 0.25) is 0 Å². The summed E-state index contributed by atoms with van der Waals surface area (Å²) in [4.78, 5) is 23.0. The summed E-state index contributed by atoms with van der Waals surface area (Å²) in [6.45, 7) is 1.61. The minimum atomic E-state index is -0.465. The van der Waals surface area contributed by atoms with E-state index in [1.165, 1.54) is 18.2 Å². The number of nitro benzene ring substituents is 1. The standard InChI is InChI=1S/C20H22N2O5/c1-13-11-14(7-9-17(13)22(24)25)20(23)21-15-8-10-18(26-2)19(12-15)27-16-5-3-4-6-16/h7-12,16H,3-6H2,1-2H3,(H,21,23). The number of methoxy groups -OCH3 is 1. The van der Waals surface area contributed by atoms with Gasteiger partial charge in [-0.05, 0) is 56.9 Å². The Morgan fingerprint density at radius 3 is 2.52 bits per heavy atom. The van der Waals surface area contributed by atoms with E-state index < -0.39 is 4.92 Å². The van der Waals surface area contributed by atoms with Gasteiger partial charge < -0.3 is 14.8 Å². The molecule has 7 nitrogen and oxygen atoms in total. The van der Waals surface area contributed by atoms with Gasteiger partial charge in [0.15, 0.2) is 11.5 Å². The smallest absolute Gasteiger partial charge is 0.272 e. The average Bonchev–Trinajstić information content (AvgIpc) is 3.14. The zero-order chi connectivity index (χ0) is 19.4. The fourth-order valence-corrected chi connectivity index (χ4v) is 3.24. The molecule has 27 heavy (non-hydrogen) atoms. The first-order valence-electron chi connectivity index (χ1n) is 8.89. The number of aryl methyl sites for hydroxylation is 1. The summed E-state index contributed by atoms with van der Waals surface area (Å²) in [5, 5.41) is 13.7. The van der Waals surface area contributed by atoms with Crippen molar-refractivity contribution >= 4 is 17.3 Å². The fourth-order valence-electron chi connectivity index (χ4n) is 3.24. The molecule has 0 bridgehead atoms. The number of nitrogens with zero attached hydrogens (tertiary/aromatic N) is 1. The van der Waals surface area contributed by atoms with Crippen LogP contribution in [-0.4, -0.2) is 24.0 Å². The van der Waals surface area contributed by atoms with E-state index in [1.54, 1.807) is 32.2 Å². The van der Waals surface area contributed by atoms with Gasteiger partial charge in [0, 0.05) is 28.9 Å². The Hall–Kier alpha value is -3.09. The molecule has 0 heterocycles. The molecule has 0 radical (unpaired) electrons. The van der Waals surface area contributed by atoms with Crippen LogP contribution in [0.25, 0.3) is 0 Å². The van der Waals surface area contributed by atoms with Crippen molar-refractivity contribution < 1.29 is 19.2 Å². The maximum Gasteiger partial charge on any atom is 0.272 e. The summed E-state index contributed by atoms with van der Waals surface area (Å²) in [6, 6.07) is 9.52. The highest BCUT2D eigenvalue weighted by Crippen LogP contribution is 2.34.